The Hall–Kier alpha value is -3.27. The molecule has 3 heterocycles. The first-order valence-corrected chi connectivity index (χ1v) is 8.59. The number of nitrogens with zero attached hydrogens (tertiary/aromatic N) is 2. The van der Waals surface area contributed by atoms with Gasteiger partial charge in [-0.05, 0) is 19.3 Å². The van der Waals surface area contributed by atoms with Crippen molar-refractivity contribution in [3.8, 4) is 5.75 Å². The van der Waals surface area contributed by atoms with Crippen molar-refractivity contribution in [2.24, 2.45) is 0 Å². The van der Waals surface area contributed by atoms with Crippen LogP contribution in [0.4, 0.5) is 8.78 Å². The zero-order chi connectivity index (χ0) is 28.6. The van der Waals surface area contributed by atoms with Crippen LogP contribution in [0.5, 0.6) is 5.75 Å². The summed E-state index contributed by atoms with van der Waals surface area (Å²) in [5.74, 6) is -6.87. The van der Waals surface area contributed by atoms with Gasteiger partial charge in [-0.2, -0.15) is 0 Å². The number of hydrogen-bond acceptors (Lipinski definition) is 5. The third-order valence-electron chi connectivity index (χ3n) is 4.47. The number of halogens is 2. The third kappa shape index (κ3) is 3.32. The van der Waals surface area contributed by atoms with Crippen LogP contribution in [-0.4, -0.2) is 45.2 Å². The summed E-state index contributed by atoms with van der Waals surface area (Å²) in [5.41, 5.74) is -4.54. The molecule has 4 rings (SSSR count). The van der Waals surface area contributed by atoms with Gasteiger partial charge in [0.1, 0.15) is 17.2 Å². The van der Waals surface area contributed by atoms with Crippen LogP contribution in [0.3, 0.4) is 0 Å². The maximum absolute atomic E-state index is 14.1. The molecule has 2 N–H and O–H groups in total. The maximum Gasteiger partial charge on any atom is 0.276 e. The Bertz CT molecular complexity index is 1420. The fourth-order valence-electron chi connectivity index (χ4n) is 2.98. The fraction of sp³-hybridized carbons (Fsp3) is 0.350. The number of pyridine rings is 1. The predicted molar refractivity (Wildman–Crippen MR) is 99.9 cm³/mol. The van der Waals surface area contributed by atoms with Crippen molar-refractivity contribution >= 4 is 11.8 Å². The quantitative estimate of drug-likeness (QED) is 0.770. The first-order valence-electron chi connectivity index (χ1n) is 12.6. The van der Waals surface area contributed by atoms with Crippen LogP contribution in [0.1, 0.15) is 50.6 Å². The zero-order valence-corrected chi connectivity index (χ0v) is 15.0. The monoisotopic (exact) mass is 427 g/mol. The lowest BCUT2D eigenvalue weighted by Crippen LogP contribution is -2.57. The Kier molecular flexibility index (Phi) is 3.12. The van der Waals surface area contributed by atoms with E-state index in [9.17, 15) is 28.3 Å². The molecule has 0 unspecified atom stereocenters. The average molecular weight is 427 g/mol. The van der Waals surface area contributed by atoms with Crippen LogP contribution in [0.25, 0.3) is 0 Å². The molecule has 0 radical (unpaired) electrons. The first-order chi connectivity index (χ1) is 17.3. The van der Waals surface area contributed by atoms with Crippen LogP contribution >= 0.6 is 0 Å². The Morgan fingerprint density at radius 3 is 3.03 bits per heavy atom. The molecule has 2 amide bonds. The number of hydrogen-bond donors (Lipinski definition) is 2. The highest BCUT2D eigenvalue weighted by Crippen LogP contribution is 2.29. The van der Waals surface area contributed by atoms with E-state index in [-0.39, 0.29) is 15.9 Å². The van der Waals surface area contributed by atoms with Crippen LogP contribution in [-0.2, 0) is 17.7 Å². The topological polar surface area (TPSA) is 101 Å². The van der Waals surface area contributed by atoms with Gasteiger partial charge in [-0.1, -0.05) is 6.07 Å². The molecule has 2 aromatic rings. The third-order valence-corrected chi connectivity index (χ3v) is 4.47. The number of aromatic hydroxyl groups is 1. The van der Waals surface area contributed by atoms with E-state index in [0.29, 0.717) is 18.3 Å². The number of benzene rings is 1. The molecule has 1 aromatic carbocycles. The van der Waals surface area contributed by atoms with Gasteiger partial charge < -0.3 is 24.6 Å². The molecular formula is C20H19F2N3O5. The van der Waals surface area contributed by atoms with Crippen molar-refractivity contribution in [3.05, 3.63) is 63.1 Å². The molecule has 2 aliphatic rings. The number of carbonyl (C=O) groups excluding carboxylic acids is 2. The molecule has 0 aliphatic carbocycles. The Morgan fingerprint density at radius 2 is 2.30 bits per heavy atom. The van der Waals surface area contributed by atoms with E-state index in [1.165, 1.54) is 0 Å². The molecule has 1 aromatic heterocycles. The number of fused-ring (bicyclic) bond motifs is 2. The molecule has 8 nitrogen and oxygen atoms in total. The highest BCUT2D eigenvalue weighted by Gasteiger charge is 2.41. The Balaban J connectivity index is 1.84. The number of rotatable bonds is 3. The summed E-state index contributed by atoms with van der Waals surface area (Å²) < 4.78 is 97.5. The second-order valence-corrected chi connectivity index (χ2v) is 6.39. The van der Waals surface area contributed by atoms with E-state index in [2.05, 4.69) is 0 Å². The molecule has 1 saturated heterocycles. The van der Waals surface area contributed by atoms with Crippen LogP contribution < -0.4 is 10.7 Å². The van der Waals surface area contributed by atoms with Crippen molar-refractivity contribution < 1.29 is 39.2 Å². The molecule has 0 saturated carbocycles. The number of nitrogens with one attached hydrogen (secondary N) is 1. The van der Waals surface area contributed by atoms with Gasteiger partial charge >= 0.3 is 0 Å². The number of amides is 2. The minimum Gasteiger partial charge on any atom is -0.503 e. The molecule has 30 heavy (non-hydrogen) atoms. The second kappa shape index (κ2) is 7.52. The average Bonchev–Trinajstić information content (AvgIpc) is 2.77. The van der Waals surface area contributed by atoms with E-state index >= 15 is 0 Å². The summed E-state index contributed by atoms with van der Waals surface area (Å²) in [6.45, 7) is -9.54. The standard InChI is InChI=1S/C20H19F2N3O5/c1-10-4-5-30-15-9-24-8-13(17(26)18(27)16(24)20(29)25(10)15)19(28)23-7-11-2-3-12(21)6-14(11)22/h2-3,6,8,10,15,27H,4-5,7,9H2,1H3,(H,23,28)/t10-,15+/m1/s1/i1D3,7D2,9D2,15D. The molecule has 10 heteroatoms. The van der Waals surface area contributed by atoms with Crippen LogP contribution in [0.2, 0.25) is 0 Å². The maximum atomic E-state index is 14.1. The Labute approximate surface area is 180 Å². The summed E-state index contributed by atoms with van der Waals surface area (Å²) in [6, 6.07) is 0.0769. The lowest BCUT2D eigenvalue weighted by molar-refractivity contribution is -0.112. The highest BCUT2D eigenvalue weighted by atomic mass is 19.1. The molecule has 0 spiro atoms. The van der Waals surface area contributed by atoms with E-state index < -0.39 is 90.1 Å². The molecule has 2 atom stereocenters. The van der Waals surface area contributed by atoms with E-state index in [1.807, 2.05) is 0 Å². The molecule has 0 bridgehead atoms. The SMILES string of the molecule is [2H]C([2H])(NC(=O)c1cn2c(c(O)c1=O)C(=O)N1[C@H](C([2H])([2H])[2H])CCO[C@@]1([2H])C2([2H])[2H])c1ccc(F)cc1F. The van der Waals surface area contributed by atoms with Gasteiger partial charge in [0.25, 0.3) is 11.8 Å². The molecule has 2 aliphatic heterocycles. The summed E-state index contributed by atoms with van der Waals surface area (Å²) in [6.07, 6.45) is -2.87. The van der Waals surface area contributed by atoms with Gasteiger partial charge in [0, 0.05) is 34.5 Å². The molecular weight excluding hydrogens is 400 g/mol. The van der Waals surface area contributed by atoms with Gasteiger partial charge in [-0.3, -0.25) is 14.4 Å². The summed E-state index contributed by atoms with van der Waals surface area (Å²) in [4.78, 5) is 39.3. The highest BCUT2D eigenvalue weighted by molar-refractivity contribution is 5.99. The lowest BCUT2D eigenvalue weighted by atomic mass is 10.1. The summed E-state index contributed by atoms with van der Waals surface area (Å²) in [5, 5.41) is 12.3. The summed E-state index contributed by atoms with van der Waals surface area (Å²) >= 11 is 0. The van der Waals surface area contributed by atoms with Crippen molar-refractivity contribution in [2.75, 3.05) is 6.61 Å². The van der Waals surface area contributed by atoms with E-state index in [1.54, 1.807) is 5.32 Å². The van der Waals surface area contributed by atoms with Gasteiger partial charge in [0.05, 0.1) is 20.0 Å². The predicted octanol–water partition coefficient (Wildman–Crippen LogP) is 1.35. The van der Waals surface area contributed by atoms with Crippen molar-refractivity contribution in [1.29, 1.82) is 0 Å². The van der Waals surface area contributed by atoms with Crippen molar-refractivity contribution in [2.45, 2.75) is 38.5 Å². The second-order valence-electron chi connectivity index (χ2n) is 6.39. The van der Waals surface area contributed by atoms with Crippen molar-refractivity contribution in [3.63, 3.8) is 0 Å². The Morgan fingerprint density at radius 1 is 1.50 bits per heavy atom. The molecule has 1 fully saturated rings. The largest absolute Gasteiger partial charge is 0.503 e. The number of ether oxygens (including phenoxy) is 1. The minimum absolute atomic E-state index is 0.264. The van der Waals surface area contributed by atoms with Crippen molar-refractivity contribution in [1.82, 2.24) is 14.8 Å². The lowest BCUT2D eigenvalue weighted by Gasteiger charge is -2.44. The molecule has 158 valence electrons. The normalized spacial score (nSPS) is 29.5. The number of aromatic nitrogens is 1. The van der Waals surface area contributed by atoms with Gasteiger partial charge in [-0.25, -0.2) is 8.78 Å². The van der Waals surface area contributed by atoms with Gasteiger partial charge in [0.2, 0.25) is 5.43 Å². The van der Waals surface area contributed by atoms with E-state index in [4.69, 9.17) is 15.7 Å². The van der Waals surface area contributed by atoms with Crippen LogP contribution in [0.15, 0.2) is 29.2 Å². The van der Waals surface area contributed by atoms with Gasteiger partial charge in [-0.15, -0.1) is 0 Å². The smallest absolute Gasteiger partial charge is 0.276 e. The summed E-state index contributed by atoms with van der Waals surface area (Å²) in [7, 11) is 0. The van der Waals surface area contributed by atoms with Crippen LogP contribution in [0, 0.1) is 11.6 Å². The van der Waals surface area contributed by atoms with E-state index in [0.717, 1.165) is 6.07 Å². The number of carbonyl (C=O) groups is 2. The zero-order valence-electron chi connectivity index (χ0n) is 23.0. The first kappa shape index (κ1) is 12.4. The minimum atomic E-state index is -3.19. The fourth-order valence-corrected chi connectivity index (χ4v) is 2.98. The van der Waals surface area contributed by atoms with Gasteiger partial charge in [0.15, 0.2) is 17.6 Å².